The normalized spacial score (nSPS) is 13.1. The Balaban J connectivity index is 1.44. The maximum absolute atomic E-state index is 12.9. The highest BCUT2D eigenvalue weighted by atomic mass is 32.1. The maximum atomic E-state index is 12.9. The molecule has 0 spiro atoms. The van der Waals surface area contributed by atoms with Gasteiger partial charge in [0.1, 0.15) is 5.82 Å². The first-order valence-electron chi connectivity index (χ1n) is 8.59. The molecule has 132 valence electrons. The molecule has 6 heteroatoms. The van der Waals surface area contributed by atoms with Gasteiger partial charge in [-0.15, -0.1) is 11.3 Å². The molecule has 0 aliphatic heterocycles. The summed E-state index contributed by atoms with van der Waals surface area (Å²) in [6.07, 6.45) is 4.78. The zero-order valence-electron chi connectivity index (χ0n) is 14.1. The number of halogens is 1. The van der Waals surface area contributed by atoms with Crippen molar-refractivity contribution >= 4 is 28.2 Å². The van der Waals surface area contributed by atoms with Crippen LogP contribution >= 0.6 is 11.3 Å². The van der Waals surface area contributed by atoms with Crippen molar-refractivity contribution in [3.8, 4) is 11.3 Å². The Morgan fingerprint density at radius 3 is 2.58 bits per heavy atom. The Labute approximate surface area is 155 Å². The number of thiazole rings is 1. The number of urea groups is 1. The van der Waals surface area contributed by atoms with Crippen molar-refractivity contribution in [1.82, 2.24) is 4.98 Å². The molecule has 2 aromatic carbocycles. The van der Waals surface area contributed by atoms with E-state index in [9.17, 15) is 9.18 Å². The van der Waals surface area contributed by atoms with Crippen LogP contribution < -0.4 is 10.6 Å². The van der Waals surface area contributed by atoms with Crippen molar-refractivity contribution in [2.24, 2.45) is 0 Å². The monoisotopic (exact) mass is 367 g/mol. The summed E-state index contributed by atoms with van der Waals surface area (Å²) >= 11 is 1.38. The van der Waals surface area contributed by atoms with Crippen LogP contribution in [0.25, 0.3) is 11.3 Å². The van der Waals surface area contributed by atoms with Crippen LogP contribution in [0.3, 0.4) is 0 Å². The smallest absolute Gasteiger partial charge is 0.308 e. The summed E-state index contributed by atoms with van der Waals surface area (Å²) in [5, 5.41) is 7.85. The standard InChI is InChI=1S/C20H18FN3OS/c21-16-7-9-17(10-8-16)22-19(25)24-20-23-18(12-26-20)15-6-5-13-3-1-2-4-14(13)11-15/h5-12H,1-4H2,(H2,22,23,24,25). The summed E-state index contributed by atoms with van der Waals surface area (Å²) in [6.45, 7) is 0. The first-order chi connectivity index (χ1) is 12.7. The van der Waals surface area contributed by atoms with Gasteiger partial charge in [-0.05, 0) is 67.1 Å². The van der Waals surface area contributed by atoms with Gasteiger partial charge in [-0.25, -0.2) is 14.2 Å². The van der Waals surface area contributed by atoms with Crippen molar-refractivity contribution in [3.63, 3.8) is 0 Å². The fourth-order valence-corrected chi connectivity index (χ4v) is 3.86. The van der Waals surface area contributed by atoms with E-state index < -0.39 is 6.03 Å². The number of aromatic nitrogens is 1. The quantitative estimate of drug-likeness (QED) is 0.645. The number of hydrogen-bond donors (Lipinski definition) is 2. The molecule has 0 bridgehead atoms. The van der Waals surface area contributed by atoms with Gasteiger partial charge in [0.25, 0.3) is 0 Å². The van der Waals surface area contributed by atoms with Gasteiger partial charge in [0, 0.05) is 16.6 Å². The highest BCUT2D eigenvalue weighted by Gasteiger charge is 2.12. The maximum Gasteiger partial charge on any atom is 0.325 e. The average molecular weight is 367 g/mol. The topological polar surface area (TPSA) is 54.0 Å². The third-order valence-electron chi connectivity index (χ3n) is 4.47. The Kier molecular flexibility index (Phi) is 4.67. The van der Waals surface area contributed by atoms with Crippen LogP contribution in [0.15, 0.2) is 47.8 Å². The first kappa shape index (κ1) is 16.7. The summed E-state index contributed by atoms with van der Waals surface area (Å²) in [5.41, 5.74) is 5.31. The zero-order chi connectivity index (χ0) is 17.9. The Morgan fingerprint density at radius 1 is 1.00 bits per heavy atom. The van der Waals surface area contributed by atoms with Crippen LogP contribution in [-0.2, 0) is 12.8 Å². The van der Waals surface area contributed by atoms with Crippen molar-refractivity contribution in [2.45, 2.75) is 25.7 Å². The Hall–Kier alpha value is -2.73. The second kappa shape index (κ2) is 7.25. The number of rotatable bonds is 3. The van der Waals surface area contributed by atoms with Gasteiger partial charge in [-0.1, -0.05) is 12.1 Å². The highest BCUT2D eigenvalue weighted by Crippen LogP contribution is 2.29. The number of amides is 2. The molecule has 1 heterocycles. The van der Waals surface area contributed by atoms with Crippen molar-refractivity contribution in [1.29, 1.82) is 0 Å². The van der Waals surface area contributed by atoms with Crippen LogP contribution in [0.1, 0.15) is 24.0 Å². The molecule has 4 rings (SSSR count). The fraction of sp³-hybridized carbons (Fsp3) is 0.200. The van der Waals surface area contributed by atoms with Crippen LogP contribution in [-0.4, -0.2) is 11.0 Å². The van der Waals surface area contributed by atoms with E-state index in [0.29, 0.717) is 10.8 Å². The number of carbonyl (C=O) groups excluding carboxylic acids is 1. The average Bonchev–Trinajstić information content (AvgIpc) is 3.11. The number of anilines is 2. The van der Waals surface area contributed by atoms with Gasteiger partial charge >= 0.3 is 6.03 Å². The SMILES string of the molecule is O=C(Nc1ccc(F)cc1)Nc1nc(-c2ccc3c(c2)CCCC3)cs1. The van der Waals surface area contributed by atoms with E-state index >= 15 is 0 Å². The molecule has 1 aromatic heterocycles. The van der Waals surface area contributed by atoms with Gasteiger partial charge < -0.3 is 5.32 Å². The predicted octanol–water partition coefficient (Wildman–Crippen LogP) is 5.47. The lowest BCUT2D eigenvalue weighted by molar-refractivity contribution is 0.262. The highest BCUT2D eigenvalue weighted by molar-refractivity contribution is 7.14. The molecule has 4 nitrogen and oxygen atoms in total. The molecule has 3 aromatic rings. The van der Waals surface area contributed by atoms with E-state index in [1.165, 1.54) is 59.6 Å². The summed E-state index contributed by atoms with van der Waals surface area (Å²) in [5.74, 6) is -0.342. The second-order valence-electron chi connectivity index (χ2n) is 6.31. The molecule has 1 aliphatic carbocycles. The summed E-state index contributed by atoms with van der Waals surface area (Å²) in [6, 6.07) is 11.7. The molecule has 0 radical (unpaired) electrons. The lowest BCUT2D eigenvalue weighted by Gasteiger charge is -2.16. The molecule has 26 heavy (non-hydrogen) atoms. The van der Waals surface area contributed by atoms with Gasteiger partial charge in [0.2, 0.25) is 0 Å². The lowest BCUT2D eigenvalue weighted by atomic mass is 9.90. The molecule has 0 unspecified atom stereocenters. The molecular formula is C20H18FN3OS. The number of nitrogens with one attached hydrogen (secondary N) is 2. The van der Waals surface area contributed by atoms with Gasteiger partial charge in [-0.3, -0.25) is 5.32 Å². The molecule has 2 N–H and O–H groups in total. The minimum Gasteiger partial charge on any atom is -0.308 e. The van der Waals surface area contributed by atoms with Crippen molar-refractivity contribution < 1.29 is 9.18 Å². The number of fused-ring (bicyclic) bond motifs is 1. The molecule has 0 saturated heterocycles. The third kappa shape index (κ3) is 3.75. The molecule has 0 saturated carbocycles. The van der Waals surface area contributed by atoms with E-state index in [1.54, 1.807) is 0 Å². The van der Waals surface area contributed by atoms with Crippen LogP contribution in [0, 0.1) is 5.82 Å². The summed E-state index contributed by atoms with van der Waals surface area (Å²) in [4.78, 5) is 16.6. The molecule has 1 aliphatic rings. The van der Waals surface area contributed by atoms with Gasteiger partial charge in [0.15, 0.2) is 5.13 Å². The lowest BCUT2D eigenvalue weighted by Crippen LogP contribution is -2.19. The van der Waals surface area contributed by atoms with Crippen LogP contribution in [0.4, 0.5) is 20.0 Å². The number of nitrogens with zero attached hydrogens (tertiary/aromatic N) is 1. The number of carbonyl (C=O) groups is 1. The first-order valence-corrected chi connectivity index (χ1v) is 9.46. The van der Waals surface area contributed by atoms with E-state index in [0.717, 1.165) is 24.1 Å². The van der Waals surface area contributed by atoms with Gasteiger partial charge in [0.05, 0.1) is 5.69 Å². The van der Waals surface area contributed by atoms with Crippen molar-refractivity contribution in [2.75, 3.05) is 10.6 Å². The Morgan fingerprint density at radius 2 is 1.77 bits per heavy atom. The summed E-state index contributed by atoms with van der Waals surface area (Å²) in [7, 11) is 0. The van der Waals surface area contributed by atoms with Crippen molar-refractivity contribution in [3.05, 3.63) is 64.8 Å². The number of hydrogen-bond acceptors (Lipinski definition) is 3. The number of aryl methyl sites for hydroxylation is 2. The molecule has 0 atom stereocenters. The molecule has 2 amide bonds. The minimum atomic E-state index is -0.400. The summed E-state index contributed by atoms with van der Waals surface area (Å²) < 4.78 is 12.9. The Bertz CT molecular complexity index is 936. The number of benzene rings is 2. The van der Waals surface area contributed by atoms with Crippen LogP contribution in [0.5, 0.6) is 0 Å². The second-order valence-corrected chi connectivity index (χ2v) is 7.17. The van der Waals surface area contributed by atoms with E-state index in [2.05, 4.69) is 33.8 Å². The largest absolute Gasteiger partial charge is 0.325 e. The van der Waals surface area contributed by atoms with E-state index in [4.69, 9.17) is 0 Å². The zero-order valence-corrected chi connectivity index (χ0v) is 14.9. The third-order valence-corrected chi connectivity index (χ3v) is 5.23. The molecular weight excluding hydrogens is 349 g/mol. The van der Waals surface area contributed by atoms with E-state index in [1.807, 2.05) is 5.38 Å². The van der Waals surface area contributed by atoms with Crippen LogP contribution in [0.2, 0.25) is 0 Å². The molecule has 0 fully saturated rings. The predicted molar refractivity (Wildman–Crippen MR) is 103 cm³/mol. The fourth-order valence-electron chi connectivity index (χ4n) is 3.15. The minimum absolute atomic E-state index is 0.342. The van der Waals surface area contributed by atoms with Gasteiger partial charge in [-0.2, -0.15) is 0 Å². The van der Waals surface area contributed by atoms with E-state index in [-0.39, 0.29) is 5.82 Å².